The summed E-state index contributed by atoms with van der Waals surface area (Å²) in [5.41, 5.74) is 4.44. The topological polar surface area (TPSA) is 80.0 Å². The van der Waals surface area contributed by atoms with E-state index in [-0.39, 0.29) is 6.03 Å². The number of oxazole rings is 1. The summed E-state index contributed by atoms with van der Waals surface area (Å²) in [6, 6.07) is 14.6. The number of pyridine rings is 1. The van der Waals surface area contributed by atoms with E-state index in [9.17, 15) is 4.79 Å². The van der Waals surface area contributed by atoms with Crippen LogP contribution in [-0.2, 0) is 0 Å². The van der Waals surface area contributed by atoms with E-state index in [0.717, 1.165) is 27.8 Å². The highest BCUT2D eigenvalue weighted by atomic mass is 16.3. The Hall–Kier alpha value is -3.41. The van der Waals surface area contributed by atoms with Crippen LogP contribution in [0.25, 0.3) is 22.0 Å². The maximum absolute atomic E-state index is 12.4. The fourth-order valence-corrected chi connectivity index (χ4v) is 2.81. The van der Waals surface area contributed by atoms with Gasteiger partial charge in [0.25, 0.3) is 0 Å². The number of rotatable bonds is 2. The molecular formula is C19H16N4O2. The average Bonchev–Trinajstić information content (AvgIpc) is 2.94. The number of carbonyl (C=O) groups excluding carboxylic acids is 1. The summed E-state index contributed by atoms with van der Waals surface area (Å²) in [6.07, 6.45) is 0. The first-order chi connectivity index (χ1) is 12.1. The molecule has 0 saturated carbocycles. The Morgan fingerprint density at radius 1 is 0.960 bits per heavy atom. The molecule has 0 bridgehead atoms. The van der Waals surface area contributed by atoms with Crippen LogP contribution in [0.2, 0.25) is 0 Å². The third-order valence-corrected chi connectivity index (χ3v) is 3.85. The Morgan fingerprint density at radius 2 is 1.80 bits per heavy atom. The van der Waals surface area contributed by atoms with Crippen molar-refractivity contribution in [3.63, 3.8) is 0 Å². The van der Waals surface area contributed by atoms with Crippen LogP contribution in [0.15, 0.2) is 52.9 Å². The lowest BCUT2D eigenvalue weighted by atomic mass is 10.1. The Bertz CT molecular complexity index is 1100. The summed E-state index contributed by atoms with van der Waals surface area (Å²) in [5.74, 6) is 0.593. The summed E-state index contributed by atoms with van der Waals surface area (Å²) >= 11 is 0. The van der Waals surface area contributed by atoms with Gasteiger partial charge in [-0.3, -0.25) is 4.98 Å². The molecule has 0 atom stereocenters. The molecule has 0 fully saturated rings. The predicted molar refractivity (Wildman–Crippen MR) is 97.9 cm³/mol. The lowest BCUT2D eigenvalue weighted by molar-refractivity contribution is 0.262. The van der Waals surface area contributed by atoms with Gasteiger partial charge in [-0.1, -0.05) is 18.2 Å². The Balaban J connectivity index is 1.59. The molecule has 6 nitrogen and oxygen atoms in total. The molecule has 4 aromatic rings. The van der Waals surface area contributed by atoms with Gasteiger partial charge in [0.15, 0.2) is 11.5 Å². The SMILES string of the molecule is Cc1cc(NC(=O)Nc2ccc3nc(C)oc3c2)c2ccccc2n1. The number of nitrogens with one attached hydrogen (secondary N) is 2. The molecule has 2 aromatic carbocycles. The van der Waals surface area contributed by atoms with E-state index in [2.05, 4.69) is 20.6 Å². The largest absolute Gasteiger partial charge is 0.441 e. The van der Waals surface area contributed by atoms with E-state index in [4.69, 9.17) is 4.42 Å². The number of nitrogens with zero attached hydrogens (tertiary/aromatic N) is 2. The summed E-state index contributed by atoms with van der Waals surface area (Å²) in [4.78, 5) is 21.1. The second-order valence-electron chi connectivity index (χ2n) is 5.82. The van der Waals surface area contributed by atoms with Gasteiger partial charge >= 0.3 is 6.03 Å². The highest BCUT2D eigenvalue weighted by Crippen LogP contribution is 2.24. The highest BCUT2D eigenvalue weighted by molar-refractivity contribution is 6.06. The van der Waals surface area contributed by atoms with Gasteiger partial charge in [-0.2, -0.15) is 0 Å². The highest BCUT2D eigenvalue weighted by Gasteiger charge is 2.09. The number of carbonyl (C=O) groups is 1. The van der Waals surface area contributed by atoms with Gasteiger partial charge in [-0.15, -0.1) is 0 Å². The van der Waals surface area contributed by atoms with Crippen LogP contribution >= 0.6 is 0 Å². The van der Waals surface area contributed by atoms with Gasteiger partial charge in [0.05, 0.1) is 11.2 Å². The Kier molecular flexibility index (Phi) is 3.57. The van der Waals surface area contributed by atoms with Gasteiger partial charge in [0, 0.05) is 29.8 Å². The number of anilines is 2. The second kappa shape index (κ2) is 5.90. The Morgan fingerprint density at radius 3 is 2.68 bits per heavy atom. The van der Waals surface area contributed by atoms with Crippen molar-refractivity contribution in [2.24, 2.45) is 0 Å². The maximum atomic E-state index is 12.4. The number of hydrogen-bond acceptors (Lipinski definition) is 4. The zero-order valence-electron chi connectivity index (χ0n) is 13.8. The minimum atomic E-state index is -0.327. The van der Waals surface area contributed by atoms with Crippen molar-refractivity contribution in [3.8, 4) is 0 Å². The van der Waals surface area contributed by atoms with Crippen molar-refractivity contribution < 1.29 is 9.21 Å². The molecule has 124 valence electrons. The van der Waals surface area contributed by atoms with Crippen LogP contribution in [0.3, 0.4) is 0 Å². The van der Waals surface area contributed by atoms with Gasteiger partial charge < -0.3 is 15.1 Å². The monoisotopic (exact) mass is 332 g/mol. The minimum absolute atomic E-state index is 0.327. The fraction of sp³-hybridized carbons (Fsp3) is 0.105. The lowest BCUT2D eigenvalue weighted by Crippen LogP contribution is -2.19. The van der Waals surface area contributed by atoms with Crippen molar-refractivity contribution in [1.82, 2.24) is 9.97 Å². The summed E-state index contributed by atoms with van der Waals surface area (Å²) < 4.78 is 5.49. The third-order valence-electron chi connectivity index (χ3n) is 3.85. The quantitative estimate of drug-likeness (QED) is 0.560. The zero-order valence-corrected chi connectivity index (χ0v) is 13.8. The van der Waals surface area contributed by atoms with Gasteiger partial charge in [-0.05, 0) is 31.2 Å². The van der Waals surface area contributed by atoms with Gasteiger partial charge in [0.1, 0.15) is 5.52 Å². The van der Waals surface area contributed by atoms with Crippen LogP contribution in [-0.4, -0.2) is 16.0 Å². The molecule has 0 spiro atoms. The standard InChI is InChI=1S/C19H16N4O2/c1-11-9-17(14-5-3-4-6-15(14)20-11)23-19(24)22-13-7-8-16-18(10-13)25-12(2)21-16/h3-10H,1-2H3,(H2,20,22,23,24). The average molecular weight is 332 g/mol. The zero-order chi connectivity index (χ0) is 17.4. The smallest absolute Gasteiger partial charge is 0.323 e. The molecule has 0 unspecified atom stereocenters. The number of aryl methyl sites for hydroxylation is 2. The molecule has 0 aliphatic carbocycles. The van der Waals surface area contributed by atoms with Crippen LogP contribution in [0, 0.1) is 13.8 Å². The first-order valence-corrected chi connectivity index (χ1v) is 7.90. The van der Waals surface area contributed by atoms with Crippen molar-refractivity contribution in [1.29, 1.82) is 0 Å². The number of aromatic nitrogens is 2. The van der Waals surface area contributed by atoms with Crippen LogP contribution < -0.4 is 10.6 Å². The normalized spacial score (nSPS) is 11.0. The van der Waals surface area contributed by atoms with E-state index in [1.165, 1.54) is 0 Å². The lowest BCUT2D eigenvalue weighted by Gasteiger charge is -2.11. The fourth-order valence-electron chi connectivity index (χ4n) is 2.81. The molecule has 25 heavy (non-hydrogen) atoms. The molecule has 2 amide bonds. The number of para-hydroxylation sites is 1. The third kappa shape index (κ3) is 3.01. The number of benzene rings is 2. The maximum Gasteiger partial charge on any atom is 0.323 e. The van der Waals surface area contributed by atoms with Crippen molar-refractivity contribution in [2.45, 2.75) is 13.8 Å². The van der Waals surface area contributed by atoms with Crippen LogP contribution in [0.4, 0.5) is 16.2 Å². The molecule has 4 rings (SSSR count). The predicted octanol–water partition coefficient (Wildman–Crippen LogP) is 4.64. The molecule has 0 aliphatic rings. The number of amides is 2. The van der Waals surface area contributed by atoms with Gasteiger partial charge in [0.2, 0.25) is 0 Å². The van der Waals surface area contributed by atoms with Crippen molar-refractivity contribution in [2.75, 3.05) is 10.6 Å². The minimum Gasteiger partial charge on any atom is -0.441 e. The molecule has 2 heterocycles. The van der Waals surface area contributed by atoms with E-state index in [1.807, 2.05) is 43.3 Å². The van der Waals surface area contributed by atoms with Crippen LogP contribution in [0.1, 0.15) is 11.6 Å². The second-order valence-corrected chi connectivity index (χ2v) is 5.82. The molecular weight excluding hydrogens is 316 g/mol. The molecule has 0 radical (unpaired) electrons. The van der Waals surface area contributed by atoms with Crippen LogP contribution in [0.5, 0.6) is 0 Å². The number of fused-ring (bicyclic) bond motifs is 2. The molecule has 0 saturated heterocycles. The first-order valence-electron chi connectivity index (χ1n) is 7.90. The van der Waals surface area contributed by atoms with E-state index < -0.39 is 0 Å². The number of hydrogen-bond donors (Lipinski definition) is 2. The van der Waals surface area contributed by atoms with Crippen molar-refractivity contribution >= 4 is 39.4 Å². The molecule has 6 heteroatoms. The summed E-state index contributed by atoms with van der Waals surface area (Å²) in [5, 5.41) is 6.60. The summed E-state index contributed by atoms with van der Waals surface area (Å²) in [6.45, 7) is 3.69. The number of urea groups is 1. The molecule has 2 N–H and O–H groups in total. The van der Waals surface area contributed by atoms with E-state index in [0.29, 0.717) is 17.2 Å². The molecule has 0 aliphatic heterocycles. The summed E-state index contributed by atoms with van der Waals surface area (Å²) in [7, 11) is 0. The molecule has 2 aromatic heterocycles. The first kappa shape index (κ1) is 15.1. The van der Waals surface area contributed by atoms with E-state index in [1.54, 1.807) is 19.1 Å². The van der Waals surface area contributed by atoms with Gasteiger partial charge in [-0.25, -0.2) is 9.78 Å². The Labute approximate surface area is 143 Å². The van der Waals surface area contributed by atoms with E-state index >= 15 is 0 Å². The van der Waals surface area contributed by atoms with Crippen molar-refractivity contribution in [3.05, 3.63) is 60.1 Å².